The van der Waals surface area contributed by atoms with E-state index in [4.69, 9.17) is 0 Å². The van der Waals surface area contributed by atoms with E-state index in [1.54, 1.807) is 12.2 Å². The maximum absolute atomic E-state index is 11.7. The van der Waals surface area contributed by atoms with E-state index >= 15 is 0 Å². The van der Waals surface area contributed by atoms with Gasteiger partial charge in [-0.2, -0.15) is 0 Å². The highest BCUT2D eigenvalue weighted by molar-refractivity contribution is 6.04. The molecule has 0 fully saturated rings. The van der Waals surface area contributed by atoms with Crippen LogP contribution in [0.15, 0.2) is 23.9 Å². The van der Waals surface area contributed by atoms with E-state index in [0.717, 1.165) is 31.5 Å². The Bertz CT molecular complexity index is 318. The van der Waals surface area contributed by atoms with Crippen LogP contribution in [0.2, 0.25) is 0 Å². The lowest BCUT2D eigenvalue weighted by Gasteiger charge is -2.27. The molecular formula is C14H24N2O. The fraction of sp³-hybridized carbons (Fsp3) is 0.643. The Morgan fingerprint density at radius 2 is 2.29 bits per heavy atom. The molecule has 96 valence electrons. The summed E-state index contributed by atoms with van der Waals surface area (Å²) in [5, 5.41) is 0. The van der Waals surface area contributed by atoms with Gasteiger partial charge in [0.25, 0.3) is 0 Å². The molecule has 0 aromatic heterocycles. The van der Waals surface area contributed by atoms with Gasteiger partial charge in [0.15, 0.2) is 5.78 Å². The van der Waals surface area contributed by atoms with Crippen LogP contribution >= 0.6 is 0 Å². The van der Waals surface area contributed by atoms with E-state index in [2.05, 4.69) is 30.8 Å². The van der Waals surface area contributed by atoms with Crippen molar-refractivity contribution in [2.75, 3.05) is 27.2 Å². The third-order valence-electron chi connectivity index (χ3n) is 3.29. The third-order valence-corrected chi connectivity index (χ3v) is 3.29. The zero-order valence-electron chi connectivity index (χ0n) is 11.4. The summed E-state index contributed by atoms with van der Waals surface area (Å²) in [6.45, 7) is 6.07. The second-order valence-corrected chi connectivity index (χ2v) is 4.79. The van der Waals surface area contributed by atoms with Gasteiger partial charge in [-0.05, 0) is 39.9 Å². The molecule has 3 heteroatoms. The molecule has 1 aliphatic rings. The van der Waals surface area contributed by atoms with Crippen molar-refractivity contribution in [1.29, 1.82) is 0 Å². The SMILES string of the molecule is C/C=C/C(=O)C1=CN(C[C@H](CC)N(C)C)CC1. The molecule has 0 amide bonds. The predicted molar refractivity (Wildman–Crippen MR) is 71.9 cm³/mol. The lowest BCUT2D eigenvalue weighted by atomic mass is 10.1. The highest BCUT2D eigenvalue weighted by Gasteiger charge is 2.19. The quantitative estimate of drug-likeness (QED) is 0.660. The number of nitrogens with zero attached hydrogens (tertiary/aromatic N) is 2. The van der Waals surface area contributed by atoms with Crippen molar-refractivity contribution in [2.24, 2.45) is 0 Å². The van der Waals surface area contributed by atoms with E-state index in [1.807, 2.05) is 13.1 Å². The molecule has 0 unspecified atom stereocenters. The van der Waals surface area contributed by atoms with Crippen LogP contribution in [0.25, 0.3) is 0 Å². The molecular weight excluding hydrogens is 212 g/mol. The summed E-state index contributed by atoms with van der Waals surface area (Å²) in [6.07, 6.45) is 7.51. The Kier molecular flexibility index (Phi) is 5.42. The fourth-order valence-electron chi connectivity index (χ4n) is 2.13. The van der Waals surface area contributed by atoms with Crippen LogP contribution in [-0.2, 0) is 4.79 Å². The Morgan fingerprint density at radius 3 is 2.82 bits per heavy atom. The lowest BCUT2D eigenvalue weighted by Crippen LogP contribution is -2.37. The van der Waals surface area contributed by atoms with E-state index in [1.165, 1.54) is 0 Å². The molecule has 0 bridgehead atoms. The first kappa shape index (κ1) is 14.0. The largest absolute Gasteiger partial charge is 0.375 e. The zero-order valence-corrected chi connectivity index (χ0v) is 11.4. The van der Waals surface area contributed by atoms with Crippen molar-refractivity contribution < 1.29 is 4.79 Å². The summed E-state index contributed by atoms with van der Waals surface area (Å²) in [6, 6.07) is 0.558. The predicted octanol–water partition coefficient (Wildman–Crippen LogP) is 2.06. The van der Waals surface area contributed by atoms with Gasteiger partial charge in [0.2, 0.25) is 0 Å². The summed E-state index contributed by atoms with van der Waals surface area (Å²) in [5.41, 5.74) is 0.941. The van der Waals surface area contributed by atoms with Gasteiger partial charge < -0.3 is 9.80 Å². The first-order valence-electron chi connectivity index (χ1n) is 6.36. The van der Waals surface area contributed by atoms with Gasteiger partial charge in [0.05, 0.1) is 0 Å². The standard InChI is InChI=1S/C14H24N2O/c1-5-7-14(17)12-8-9-16(10-12)11-13(6-2)15(3)4/h5,7,10,13H,6,8-9,11H2,1-4H3/b7-5+/t13-/m0/s1. The normalized spacial score (nSPS) is 17.9. The molecule has 0 saturated heterocycles. The smallest absolute Gasteiger partial charge is 0.182 e. The van der Waals surface area contributed by atoms with Gasteiger partial charge in [-0.3, -0.25) is 4.79 Å². The van der Waals surface area contributed by atoms with Crippen molar-refractivity contribution in [2.45, 2.75) is 32.7 Å². The highest BCUT2D eigenvalue weighted by Crippen LogP contribution is 2.17. The number of rotatable bonds is 6. The molecule has 0 spiro atoms. The first-order chi connectivity index (χ1) is 8.08. The number of hydrogen-bond donors (Lipinski definition) is 0. The summed E-state index contributed by atoms with van der Waals surface area (Å²) in [5.74, 6) is 0.160. The molecule has 0 radical (unpaired) electrons. The number of hydrogen-bond acceptors (Lipinski definition) is 3. The van der Waals surface area contributed by atoms with E-state index in [-0.39, 0.29) is 5.78 Å². The molecule has 1 rings (SSSR count). The number of carbonyl (C=O) groups is 1. The molecule has 3 nitrogen and oxygen atoms in total. The van der Waals surface area contributed by atoms with Gasteiger partial charge in [0, 0.05) is 30.9 Å². The van der Waals surface area contributed by atoms with Gasteiger partial charge in [-0.25, -0.2) is 0 Å². The van der Waals surface area contributed by atoms with Crippen molar-refractivity contribution in [3.05, 3.63) is 23.9 Å². The minimum absolute atomic E-state index is 0.160. The average Bonchev–Trinajstić information content (AvgIpc) is 2.74. The lowest BCUT2D eigenvalue weighted by molar-refractivity contribution is -0.111. The molecule has 0 aromatic rings. The van der Waals surface area contributed by atoms with Crippen molar-refractivity contribution in [1.82, 2.24) is 9.80 Å². The molecule has 0 N–H and O–H groups in total. The monoisotopic (exact) mass is 236 g/mol. The summed E-state index contributed by atoms with van der Waals surface area (Å²) >= 11 is 0. The van der Waals surface area contributed by atoms with Gasteiger partial charge in [-0.15, -0.1) is 0 Å². The van der Waals surface area contributed by atoms with E-state index < -0.39 is 0 Å². The summed E-state index contributed by atoms with van der Waals surface area (Å²) in [4.78, 5) is 16.2. The number of carbonyl (C=O) groups excluding carboxylic acids is 1. The van der Waals surface area contributed by atoms with Gasteiger partial charge in [0.1, 0.15) is 0 Å². The molecule has 0 aromatic carbocycles. The summed E-state index contributed by atoms with van der Waals surface area (Å²) < 4.78 is 0. The van der Waals surface area contributed by atoms with Crippen LogP contribution in [0.4, 0.5) is 0 Å². The van der Waals surface area contributed by atoms with Crippen molar-refractivity contribution >= 4 is 5.78 Å². The minimum Gasteiger partial charge on any atom is -0.375 e. The van der Waals surface area contributed by atoms with Crippen LogP contribution < -0.4 is 0 Å². The van der Waals surface area contributed by atoms with Gasteiger partial charge >= 0.3 is 0 Å². The van der Waals surface area contributed by atoms with Crippen LogP contribution in [-0.4, -0.2) is 48.8 Å². The van der Waals surface area contributed by atoms with Crippen LogP contribution in [0.3, 0.4) is 0 Å². The molecule has 17 heavy (non-hydrogen) atoms. The fourth-order valence-corrected chi connectivity index (χ4v) is 2.13. The number of ketones is 1. The summed E-state index contributed by atoms with van der Waals surface area (Å²) in [7, 11) is 4.22. The van der Waals surface area contributed by atoms with Crippen LogP contribution in [0.5, 0.6) is 0 Å². The van der Waals surface area contributed by atoms with E-state index in [9.17, 15) is 4.79 Å². The van der Waals surface area contributed by atoms with Crippen LogP contribution in [0.1, 0.15) is 26.7 Å². The Balaban J connectivity index is 2.56. The second-order valence-electron chi connectivity index (χ2n) is 4.79. The maximum Gasteiger partial charge on any atom is 0.182 e. The maximum atomic E-state index is 11.7. The van der Waals surface area contributed by atoms with Crippen LogP contribution in [0, 0.1) is 0 Å². The molecule has 1 heterocycles. The molecule has 0 saturated carbocycles. The Morgan fingerprint density at radius 1 is 1.59 bits per heavy atom. The molecule has 1 aliphatic heterocycles. The Labute approximate surface area is 105 Å². The van der Waals surface area contributed by atoms with Gasteiger partial charge in [-0.1, -0.05) is 13.0 Å². The number of allylic oxidation sites excluding steroid dienone is 2. The minimum atomic E-state index is 0.160. The topological polar surface area (TPSA) is 23.6 Å². The first-order valence-corrected chi connectivity index (χ1v) is 6.36. The zero-order chi connectivity index (χ0) is 12.8. The average molecular weight is 236 g/mol. The second kappa shape index (κ2) is 6.60. The highest BCUT2D eigenvalue weighted by atomic mass is 16.1. The third kappa shape index (κ3) is 4.00. The van der Waals surface area contributed by atoms with E-state index in [0.29, 0.717) is 6.04 Å². The Hall–Kier alpha value is -1.09. The molecule has 0 aliphatic carbocycles. The van der Waals surface area contributed by atoms with Crippen molar-refractivity contribution in [3.8, 4) is 0 Å². The molecule has 1 atom stereocenters. The van der Waals surface area contributed by atoms with Crippen molar-refractivity contribution in [3.63, 3.8) is 0 Å². The number of likely N-dealkylation sites (N-methyl/N-ethyl adjacent to an activating group) is 1.